The molecule has 1 heterocycles. The highest BCUT2D eigenvalue weighted by molar-refractivity contribution is 5.97. The zero-order valence-corrected chi connectivity index (χ0v) is 11.1. The molecule has 0 spiro atoms. The number of halogens is 3. The molecule has 6 nitrogen and oxygen atoms in total. The quantitative estimate of drug-likeness (QED) is 0.676. The molecule has 2 rings (SSSR count). The summed E-state index contributed by atoms with van der Waals surface area (Å²) in [6, 6.07) is 1.70. The van der Waals surface area contributed by atoms with Crippen LogP contribution in [0.2, 0.25) is 0 Å². The normalized spacial score (nSPS) is 11.5. The second kappa shape index (κ2) is 5.08. The number of nitrogen functional groups attached to an aromatic ring is 1. The van der Waals surface area contributed by atoms with E-state index in [1.165, 1.54) is 17.9 Å². The average molecular weight is 300 g/mol. The molecule has 0 saturated carbocycles. The minimum atomic E-state index is -4.64. The van der Waals surface area contributed by atoms with Crippen molar-refractivity contribution < 1.29 is 22.7 Å². The van der Waals surface area contributed by atoms with Gasteiger partial charge in [0, 0.05) is 18.3 Å². The lowest BCUT2D eigenvalue weighted by atomic mass is 9.99. The van der Waals surface area contributed by atoms with Crippen LogP contribution in [-0.4, -0.2) is 28.1 Å². The van der Waals surface area contributed by atoms with Crippen LogP contribution in [0, 0.1) is 0 Å². The van der Waals surface area contributed by atoms with Crippen LogP contribution in [0.25, 0.3) is 11.3 Å². The fourth-order valence-electron chi connectivity index (χ4n) is 1.82. The molecule has 2 aromatic rings. The molecule has 0 aliphatic carbocycles. The summed E-state index contributed by atoms with van der Waals surface area (Å²) in [4.78, 5) is 11.6. The van der Waals surface area contributed by atoms with E-state index in [0.717, 1.165) is 13.2 Å². The van der Waals surface area contributed by atoms with Crippen LogP contribution in [0.1, 0.15) is 15.9 Å². The summed E-state index contributed by atoms with van der Waals surface area (Å²) in [7, 11) is 2.63. The topological polar surface area (TPSA) is 83.0 Å². The third-order valence-electron chi connectivity index (χ3n) is 2.78. The number of carbonyl (C=O) groups is 1. The van der Waals surface area contributed by atoms with Gasteiger partial charge in [-0.1, -0.05) is 5.21 Å². The molecule has 21 heavy (non-hydrogen) atoms. The van der Waals surface area contributed by atoms with E-state index >= 15 is 0 Å². The molecule has 0 aliphatic rings. The Kier molecular flexibility index (Phi) is 3.58. The van der Waals surface area contributed by atoms with Gasteiger partial charge in [-0.25, -0.2) is 4.79 Å². The van der Waals surface area contributed by atoms with Crippen LogP contribution in [-0.2, 0) is 18.0 Å². The SMILES string of the molecule is COC(=O)c1cc(-c2cn(C)nn2)c(C(F)(F)F)cc1N. The van der Waals surface area contributed by atoms with E-state index in [4.69, 9.17) is 5.73 Å². The number of anilines is 1. The van der Waals surface area contributed by atoms with Gasteiger partial charge in [-0.3, -0.25) is 4.68 Å². The third-order valence-corrected chi connectivity index (χ3v) is 2.78. The van der Waals surface area contributed by atoms with Gasteiger partial charge in [0.1, 0.15) is 5.69 Å². The summed E-state index contributed by atoms with van der Waals surface area (Å²) in [6.07, 6.45) is -3.34. The van der Waals surface area contributed by atoms with Crippen LogP contribution in [0.15, 0.2) is 18.3 Å². The third kappa shape index (κ3) is 2.81. The number of aryl methyl sites for hydroxylation is 1. The summed E-state index contributed by atoms with van der Waals surface area (Å²) in [5.41, 5.74) is 3.73. The number of hydrogen-bond acceptors (Lipinski definition) is 5. The molecular formula is C12H11F3N4O2. The number of benzene rings is 1. The van der Waals surface area contributed by atoms with E-state index in [2.05, 4.69) is 15.0 Å². The molecule has 0 fully saturated rings. The number of carbonyl (C=O) groups excluding carboxylic acids is 1. The maximum Gasteiger partial charge on any atom is 0.417 e. The van der Waals surface area contributed by atoms with Crippen molar-refractivity contribution in [2.75, 3.05) is 12.8 Å². The van der Waals surface area contributed by atoms with Crippen LogP contribution < -0.4 is 5.73 Å². The molecule has 1 aromatic heterocycles. The number of alkyl halides is 3. The highest BCUT2D eigenvalue weighted by Crippen LogP contribution is 2.38. The van der Waals surface area contributed by atoms with Gasteiger partial charge in [-0.05, 0) is 12.1 Å². The van der Waals surface area contributed by atoms with E-state index in [9.17, 15) is 18.0 Å². The first-order chi connectivity index (χ1) is 9.74. The summed E-state index contributed by atoms with van der Waals surface area (Å²) < 4.78 is 45.1. The molecule has 0 amide bonds. The van der Waals surface area contributed by atoms with Crippen molar-refractivity contribution in [1.82, 2.24) is 15.0 Å². The van der Waals surface area contributed by atoms with Gasteiger partial charge in [0.2, 0.25) is 0 Å². The van der Waals surface area contributed by atoms with Gasteiger partial charge in [0.05, 0.1) is 24.4 Å². The molecule has 9 heteroatoms. The Morgan fingerprint density at radius 1 is 1.38 bits per heavy atom. The highest BCUT2D eigenvalue weighted by atomic mass is 19.4. The van der Waals surface area contributed by atoms with Crippen molar-refractivity contribution in [2.45, 2.75) is 6.18 Å². The predicted molar refractivity (Wildman–Crippen MR) is 67.2 cm³/mol. The fourth-order valence-corrected chi connectivity index (χ4v) is 1.82. The largest absolute Gasteiger partial charge is 0.465 e. The lowest BCUT2D eigenvalue weighted by Crippen LogP contribution is -2.12. The van der Waals surface area contributed by atoms with Gasteiger partial charge in [-0.2, -0.15) is 13.2 Å². The van der Waals surface area contributed by atoms with Gasteiger partial charge < -0.3 is 10.5 Å². The smallest absolute Gasteiger partial charge is 0.417 e. The Labute approximate surface area is 117 Å². The minimum absolute atomic E-state index is 0.0185. The lowest BCUT2D eigenvalue weighted by molar-refractivity contribution is -0.137. The second-order valence-electron chi connectivity index (χ2n) is 4.25. The van der Waals surface area contributed by atoms with Crippen molar-refractivity contribution in [2.24, 2.45) is 7.05 Å². The molecule has 0 saturated heterocycles. The van der Waals surface area contributed by atoms with E-state index in [1.54, 1.807) is 0 Å². The Bertz CT molecular complexity index is 694. The number of rotatable bonds is 2. The lowest BCUT2D eigenvalue weighted by Gasteiger charge is -2.14. The van der Waals surface area contributed by atoms with E-state index < -0.39 is 17.7 Å². The van der Waals surface area contributed by atoms with Crippen LogP contribution in [0.3, 0.4) is 0 Å². The maximum atomic E-state index is 13.1. The molecule has 112 valence electrons. The molecule has 0 bridgehead atoms. The van der Waals surface area contributed by atoms with Crippen LogP contribution in [0.5, 0.6) is 0 Å². The minimum Gasteiger partial charge on any atom is -0.465 e. The van der Waals surface area contributed by atoms with Crippen molar-refractivity contribution in [1.29, 1.82) is 0 Å². The van der Waals surface area contributed by atoms with Crippen molar-refractivity contribution >= 4 is 11.7 Å². The zero-order chi connectivity index (χ0) is 15.8. The van der Waals surface area contributed by atoms with Gasteiger partial charge in [-0.15, -0.1) is 5.10 Å². The van der Waals surface area contributed by atoms with Crippen molar-refractivity contribution in [3.63, 3.8) is 0 Å². The summed E-state index contributed by atoms with van der Waals surface area (Å²) in [5.74, 6) is -0.827. The van der Waals surface area contributed by atoms with Crippen LogP contribution in [0.4, 0.5) is 18.9 Å². The van der Waals surface area contributed by atoms with Gasteiger partial charge in [0.15, 0.2) is 0 Å². The summed E-state index contributed by atoms with van der Waals surface area (Å²) in [5, 5.41) is 7.22. The second-order valence-corrected chi connectivity index (χ2v) is 4.25. The molecular weight excluding hydrogens is 289 g/mol. The first-order valence-electron chi connectivity index (χ1n) is 5.69. The number of ether oxygens (including phenoxy) is 1. The first-order valence-corrected chi connectivity index (χ1v) is 5.69. The number of hydrogen-bond donors (Lipinski definition) is 1. The molecule has 1 aromatic carbocycles. The van der Waals surface area contributed by atoms with Crippen LogP contribution >= 0.6 is 0 Å². The van der Waals surface area contributed by atoms with E-state index in [1.807, 2.05) is 0 Å². The molecule has 2 N–H and O–H groups in total. The Morgan fingerprint density at radius 3 is 2.52 bits per heavy atom. The molecule has 0 radical (unpaired) electrons. The number of methoxy groups -OCH3 is 1. The fraction of sp³-hybridized carbons (Fsp3) is 0.250. The Balaban J connectivity index is 2.72. The monoisotopic (exact) mass is 300 g/mol. The summed E-state index contributed by atoms with van der Waals surface area (Å²) in [6.45, 7) is 0. The number of aromatic nitrogens is 3. The molecule has 0 aliphatic heterocycles. The number of esters is 1. The average Bonchev–Trinajstić information content (AvgIpc) is 2.83. The maximum absolute atomic E-state index is 13.1. The van der Waals surface area contributed by atoms with Gasteiger partial charge >= 0.3 is 12.1 Å². The Morgan fingerprint density at radius 2 is 2.05 bits per heavy atom. The highest BCUT2D eigenvalue weighted by Gasteiger charge is 2.35. The zero-order valence-electron chi connectivity index (χ0n) is 11.1. The first kappa shape index (κ1) is 14.8. The number of nitrogens with two attached hydrogens (primary N) is 1. The standard InChI is InChI=1S/C12H11F3N4O2/c1-19-5-10(17-18-19)6-3-7(11(20)21-2)9(16)4-8(6)12(13,14)15/h3-5H,16H2,1-2H3. The van der Waals surface area contributed by atoms with Crippen molar-refractivity contribution in [3.05, 3.63) is 29.5 Å². The molecule has 0 atom stereocenters. The van der Waals surface area contributed by atoms with Crippen molar-refractivity contribution in [3.8, 4) is 11.3 Å². The van der Waals surface area contributed by atoms with E-state index in [0.29, 0.717) is 6.07 Å². The summed E-state index contributed by atoms with van der Waals surface area (Å²) >= 11 is 0. The molecule has 0 unspecified atom stereocenters. The number of nitrogens with zero attached hydrogens (tertiary/aromatic N) is 3. The van der Waals surface area contributed by atoms with Gasteiger partial charge in [0.25, 0.3) is 0 Å². The van der Waals surface area contributed by atoms with E-state index in [-0.39, 0.29) is 22.5 Å². The Hall–Kier alpha value is -2.58. The predicted octanol–water partition coefficient (Wildman–Crippen LogP) is 1.87.